The van der Waals surface area contributed by atoms with E-state index in [2.05, 4.69) is 5.32 Å². The molecule has 1 atom stereocenters. The Morgan fingerprint density at radius 2 is 1.48 bits per heavy atom. The van der Waals surface area contributed by atoms with E-state index in [1.807, 2.05) is 11.8 Å². The van der Waals surface area contributed by atoms with Crippen LogP contribution in [0.15, 0.2) is 48.5 Å². The zero-order chi connectivity index (χ0) is 21.0. The number of rotatable bonds is 5. The quantitative estimate of drug-likeness (QED) is 0.784. The summed E-state index contributed by atoms with van der Waals surface area (Å²) < 4.78 is 0. The van der Waals surface area contributed by atoms with Crippen LogP contribution in [0.25, 0.3) is 0 Å². The van der Waals surface area contributed by atoms with Crippen LogP contribution < -0.4 is 11.1 Å². The van der Waals surface area contributed by atoms with Crippen LogP contribution in [0, 0.1) is 0 Å². The summed E-state index contributed by atoms with van der Waals surface area (Å²) in [6, 6.07) is 12.9. The molecule has 1 heterocycles. The number of anilines is 1. The summed E-state index contributed by atoms with van der Waals surface area (Å²) in [6.45, 7) is 4.14. The van der Waals surface area contributed by atoms with Crippen molar-refractivity contribution in [3.05, 3.63) is 64.7 Å². The normalized spacial score (nSPS) is 15.6. The van der Waals surface area contributed by atoms with Gasteiger partial charge in [-0.25, -0.2) is 0 Å². The molecule has 0 spiro atoms. The minimum Gasteiger partial charge on any atom is -0.366 e. The Morgan fingerprint density at radius 3 is 2.03 bits per heavy atom. The summed E-state index contributed by atoms with van der Waals surface area (Å²) in [5.41, 5.74) is 6.81. The molecule has 0 aliphatic carbocycles. The highest BCUT2D eigenvalue weighted by molar-refractivity contribution is 6.30. The van der Waals surface area contributed by atoms with E-state index in [4.69, 9.17) is 17.3 Å². The number of primary amides is 1. The van der Waals surface area contributed by atoms with Crippen molar-refractivity contribution in [2.45, 2.75) is 13.0 Å². The highest BCUT2D eigenvalue weighted by atomic mass is 35.5. The van der Waals surface area contributed by atoms with Gasteiger partial charge in [0.1, 0.15) is 0 Å². The van der Waals surface area contributed by atoms with Crippen LogP contribution in [0.1, 0.15) is 27.6 Å². The van der Waals surface area contributed by atoms with Gasteiger partial charge in [-0.15, -0.1) is 0 Å². The molecule has 0 bridgehead atoms. The Kier molecular flexibility index (Phi) is 6.51. The van der Waals surface area contributed by atoms with Crippen LogP contribution in [0.4, 0.5) is 5.69 Å². The average Bonchev–Trinajstić information content (AvgIpc) is 2.73. The summed E-state index contributed by atoms with van der Waals surface area (Å²) in [5, 5.41) is 3.44. The molecular formula is C21H23ClN4O3. The third-order valence-electron chi connectivity index (χ3n) is 5.06. The molecule has 152 valence electrons. The fourth-order valence-electron chi connectivity index (χ4n) is 3.22. The van der Waals surface area contributed by atoms with Crippen molar-refractivity contribution >= 4 is 35.0 Å². The molecule has 8 heteroatoms. The fourth-order valence-corrected chi connectivity index (χ4v) is 3.34. The molecule has 1 unspecified atom stereocenters. The first-order valence-corrected chi connectivity index (χ1v) is 9.72. The van der Waals surface area contributed by atoms with Gasteiger partial charge in [0.25, 0.3) is 5.91 Å². The number of nitrogens with two attached hydrogens (primary N) is 1. The summed E-state index contributed by atoms with van der Waals surface area (Å²) in [5.74, 6) is -0.690. The van der Waals surface area contributed by atoms with Crippen LogP contribution in [-0.4, -0.2) is 59.7 Å². The lowest BCUT2D eigenvalue weighted by atomic mass is 10.1. The molecule has 1 saturated heterocycles. The molecule has 1 aliphatic heterocycles. The molecule has 3 N–H and O–H groups in total. The molecule has 7 nitrogen and oxygen atoms in total. The van der Waals surface area contributed by atoms with Gasteiger partial charge in [-0.05, 0) is 55.5 Å². The molecule has 3 rings (SSSR count). The minimum atomic E-state index is -0.512. The number of halogens is 1. The zero-order valence-electron chi connectivity index (χ0n) is 16.1. The van der Waals surface area contributed by atoms with Crippen molar-refractivity contribution < 1.29 is 14.4 Å². The van der Waals surface area contributed by atoms with Crippen LogP contribution in [0.5, 0.6) is 0 Å². The smallest absolute Gasteiger partial charge is 0.253 e. The summed E-state index contributed by atoms with van der Waals surface area (Å²) in [4.78, 5) is 40.1. The topological polar surface area (TPSA) is 95.7 Å². The second-order valence-electron chi connectivity index (χ2n) is 6.94. The molecule has 1 aliphatic rings. The fraction of sp³-hybridized carbons (Fsp3) is 0.286. The van der Waals surface area contributed by atoms with Crippen LogP contribution in [-0.2, 0) is 4.79 Å². The van der Waals surface area contributed by atoms with Gasteiger partial charge in [-0.1, -0.05) is 11.6 Å². The molecule has 3 amide bonds. The predicted molar refractivity (Wildman–Crippen MR) is 112 cm³/mol. The lowest BCUT2D eigenvalue weighted by Gasteiger charge is -2.37. The van der Waals surface area contributed by atoms with Crippen molar-refractivity contribution in [3.8, 4) is 0 Å². The number of amides is 3. The number of nitrogens with one attached hydrogen (secondary N) is 1. The average molecular weight is 415 g/mol. The van der Waals surface area contributed by atoms with E-state index in [0.717, 1.165) is 0 Å². The van der Waals surface area contributed by atoms with Crippen molar-refractivity contribution in [1.82, 2.24) is 9.80 Å². The van der Waals surface area contributed by atoms with Crippen molar-refractivity contribution in [2.24, 2.45) is 5.73 Å². The molecule has 0 saturated carbocycles. The third-order valence-corrected chi connectivity index (χ3v) is 5.31. The number of benzene rings is 2. The van der Waals surface area contributed by atoms with Crippen molar-refractivity contribution in [3.63, 3.8) is 0 Å². The number of carbonyl (C=O) groups excluding carboxylic acids is 3. The second-order valence-corrected chi connectivity index (χ2v) is 7.38. The first-order valence-electron chi connectivity index (χ1n) is 9.35. The van der Waals surface area contributed by atoms with Crippen LogP contribution in [0.3, 0.4) is 0 Å². The van der Waals surface area contributed by atoms with Gasteiger partial charge in [0.05, 0.1) is 6.04 Å². The Hall–Kier alpha value is -2.90. The maximum absolute atomic E-state index is 12.6. The van der Waals surface area contributed by atoms with Crippen molar-refractivity contribution in [1.29, 1.82) is 0 Å². The van der Waals surface area contributed by atoms with Gasteiger partial charge in [0.2, 0.25) is 11.8 Å². The lowest BCUT2D eigenvalue weighted by molar-refractivity contribution is -0.121. The van der Waals surface area contributed by atoms with Gasteiger partial charge >= 0.3 is 0 Å². The number of carbonyl (C=O) groups is 3. The van der Waals surface area contributed by atoms with E-state index in [0.29, 0.717) is 48.0 Å². The molecule has 2 aromatic carbocycles. The van der Waals surface area contributed by atoms with Gasteiger partial charge in [-0.3, -0.25) is 19.3 Å². The Morgan fingerprint density at radius 1 is 0.931 bits per heavy atom. The number of piperazine rings is 1. The third kappa shape index (κ3) is 5.13. The Balaban J connectivity index is 1.53. The number of hydrogen-bond acceptors (Lipinski definition) is 4. The van der Waals surface area contributed by atoms with E-state index < -0.39 is 5.91 Å². The van der Waals surface area contributed by atoms with E-state index in [9.17, 15) is 14.4 Å². The largest absolute Gasteiger partial charge is 0.366 e. The highest BCUT2D eigenvalue weighted by Gasteiger charge is 2.28. The molecular weight excluding hydrogens is 392 g/mol. The van der Waals surface area contributed by atoms with E-state index in [1.54, 1.807) is 53.4 Å². The number of hydrogen-bond donors (Lipinski definition) is 2. The summed E-state index contributed by atoms with van der Waals surface area (Å²) in [7, 11) is 0. The molecule has 2 aromatic rings. The zero-order valence-corrected chi connectivity index (χ0v) is 16.9. The highest BCUT2D eigenvalue weighted by Crippen LogP contribution is 2.15. The SMILES string of the molecule is CC(C(=O)Nc1ccc(C(N)=O)cc1)N1CCN(C(=O)c2ccc(Cl)cc2)CC1. The van der Waals surface area contributed by atoms with Gasteiger partial charge in [0.15, 0.2) is 0 Å². The minimum absolute atomic E-state index is 0.0343. The molecule has 0 radical (unpaired) electrons. The van der Waals surface area contributed by atoms with Gasteiger partial charge in [0, 0.05) is 48.0 Å². The van der Waals surface area contributed by atoms with E-state index >= 15 is 0 Å². The lowest BCUT2D eigenvalue weighted by Crippen LogP contribution is -2.54. The first-order chi connectivity index (χ1) is 13.8. The first kappa shape index (κ1) is 20.8. The summed E-state index contributed by atoms with van der Waals surface area (Å²) >= 11 is 5.88. The standard InChI is InChI=1S/C21H23ClN4O3/c1-14(20(28)24-18-8-4-15(5-9-18)19(23)27)25-10-12-26(13-11-25)21(29)16-2-6-17(22)7-3-16/h2-9,14H,10-13H2,1H3,(H2,23,27)(H,24,28). The van der Waals surface area contributed by atoms with Crippen molar-refractivity contribution in [2.75, 3.05) is 31.5 Å². The molecule has 0 aromatic heterocycles. The molecule has 1 fully saturated rings. The maximum Gasteiger partial charge on any atom is 0.253 e. The second kappa shape index (κ2) is 9.07. The van der Waals surface area contributed by atoms with Crippen LogP contribution in [0.2, 0.25) is 5.02 Å². The van der Waals surface area contributed by atoms with E-state index in [-0.39, 0.29) is 17.9 Å². The predicted octanol–water partition coefficient (Wildman–Crippen LogP) is 2.22. The van der Waals surface area contributed by atoms with Gasteiger partial charge < -0.3 is 16.0 Å². The monoisotopic (exact) mass is 414 g/mol. The summed E-state index contributed by atoms with van der Waals surface area (Å²) in [6.07, 6.45) is 0. The maximum atomic E-state index is 12.6. The van der Waals surface area contributed by atoms with E-state index in [1.165, 1.54) is 0 Å². The Labute approximate surface area is 174 Å². The molecule has 29 heavy (non-hydrogen) atoms. The Bertz CT molecular complexity index is 891. The van der Waals surface area contributed by atoms with Crippen LogP contribution >= 0.6 is 11.6 Å². The van der Waals surface area contributed by atoms with Gasteiger partial charge in [-0.2, -0.15) is 0 Å². The number of nitrogens with zero attached hydrogens (tertiary/aromatic N) is 2.